The van der Waals surface area contributed by atoms with Gasteiger partial charge in [-0.05, 0) is 57.7 Å². The maximum absolute atomic E-state index is 13.7. The van der Waals surface area contributed by atoms with Gasteiger partial charge in [-0.1, -0.05) is 61.9 Å². The van der Waals surface area contributed by atoms with Gasteiger partial charge in [-0.2, -0.15) is 0 Å². The minimum absolute atomic E-state index is 0.0608. The van der Waals surface area contributed by atoms with Crippen molar-refractivity contribution >= 4 is 27.5 Å². The summed E-state index contributed by atoms with van der Waals surface area (Å²) in [5.74, 6) is -0.691. The Balaban J connectivity index is 2.46. The van der Waals surface area contributed by atoms with Crippen LogP contribution in [0.1, 0.15) is 64.2 Å². The predicted molar refractivity (Wildman–Crippen MR) is 142 cm³/mol. The number of amides is 2. The molecule has 0 bridgehead atoms. The van der Waals surface area contributed by atoms with Crippen LogP contribution in [-0.4, -0.2) is 49.5 Å². The molecule has 0 heterocycles. The van der Waals surface area contributed by atoms with Crippen molar-refractivity contribution in [2.75, 3.05) is 17.1 Å². The summed E-state index contributed by atoms with van der Waals surface area (Å²) in [5.41, 5.74) is 2.76. The number of para-hydroxylation sites is 1. The third kappa shape index (κ3) is 8.09. The van der Waals surface area contributed by atoms with Crippen molar-refractivity contribution in [3.8, 4) is 0 Å². The van der Waals surface area contributed by atoms with Gasteiger partial charge in [-0.3, -0.25) is 13.9 Å². The van der Waals surface area contributed by atoms with Crippen molar-refractivity contribution in [1.82, 2.24) is 10.2 Å². The number of benzene rings is 2. The summed E-state index contributed by atoms with van der Waals surface area (Å²) >= 11 is 0. The highest BCUT2D eigenvalue weighted by molar-refractivity contribution is 7.92. The molecule has 0 aromatic heterocycles. The molecule has 0 aliphatic rings. The van der Waals surface area contributed by atoms with E-state index in [0.717, 1.165) is 27.3 Å². The molecule has 2 rings (SSSR count). The van der Waals surface area contributed by atoms with E-state index in [0.29, 0.717) is 5.69 Å². The second-order valence-electron chi connectivity index (χ2n) is 10.4. The van der Waals surface area contributed by atoms with E-state index in [2.05, 4.69) is 5.32 Å². The fourth-order valence-electron chi connectivity index (χ4n) is 3.74. The summed E-state index contributed by atoms with van der Waals surface area (Å²) in [4.78, 5) is 28.1. The number of nitrogens with one attached hydrogen (secondary N) is 1. The van der Waals surface area contributed by atoms with E-state index in [-0.39, 0.29) is 18.4 Å². The van der Waals surface area contributed by atoms with Gasteiger partial charge in [0.25, 0.3) is 0 Å². The van der Waals surface area contributed by atoms with E-state index < -0.39 is 34.1 Å². The first-order valence-corrected chi connectivity index (χ1v) is 13.7. The van der Waals surface area contributed by atoms with E-state index in [4.69, 9.17) is 0 Å². The number of hydrogen-bond donors (Lipinski definition) is 1. The van der Waals surface area contributed by atoms with Crippen molar-refractivity contribution in [3.05, 3.63) is 65.2 Å². The lowest BCUT2D eigenvalue weighted by Crippen LogP contribution is -2.54. The number of nitrogens with zero attached hydrogens (tertiary/aromatic N) is 2. The van der Waals surface area contributed by atoms with Crippen molar-refractivity contribution in [2.45, 2.75) is 72.5 Å². The van der Waals surface area contributed by atoms with Gasteiger partial charge >= 0.3 is 0 Å². The van der Waals surface area contributed by atoms with Gasteiger partial charge in [0, 0.05) is 12.1 Å². The molecule has 7 nitrogen and oxygen atoms in total. The summed E-state index contributed by atoms with van der Waals surface area (Å²) in [6, 6.07) is 14.1. The Morgan fingerprint density at radius 3 is 2.06 bits per heavy atom. The van der Waals surface area contributed by atoms with E-state index in [1.807, 2.05) is 77.9 Å². The molecule has 0 fully saturated rings. The number of carbonyl (C=O) groups is 2. The highest BCUT2D eigenvalue weighted by atomic mass is 32.2. The Bertz CT molecular complexity index is 1140. The van der Waals surface area contributed by atoms with Crippen LogP contribution in [0.25, 0.3) is 0 Å². The number of aryl methyl sites for hydroxylation is 1. The van der Waals surface area contributed by atoms with Crippen molar-refractivity contribution in [1.29, 1.82) is 0 Å². The summed E-state index contributed by atoms with van der Waals surface area (Å²) in [5, 5.41) is 2.92. The van der Waals surface area contributed by atoms with E-state index in [1.54, 1.807) is 19.1 Å². The van der Waals surface area contributed by atoms with Crippen LogP contribution >= 0.6 is 0 Å². The molecule has 0 saturated carbocycles. The summed E-state index contributed by atoms with van der Waals surface area (Å²) in [7, 11) is -3.77. The largest absolute Gasteiger partial charge is 0.350 e. The molecule has 0 spiro atoms. The zero-order valence-corrected chi connectivity index (χ0v) is 22.9. The molecule has 192 valence electrons. The molecule has 2 aromatic carbocycles. The van der Waals surface area contributed by atoms with Crippen LogP contribution in [0.15, 0.2) is 48.5 Å². The Labute approximate surface area is 210 Å². The van der Waals surface area contributed by atoms with Crippen LogP contribution in [0.4, 0.5) is 5.69 Å². The minimum Gasteiger partial charge on any atom is -0.350 e. The number of hydrogen-bond acceptors (Lipinski definition) is 4. The van der Waals surface area contributed by atoms with Crippen LogP contribution in [0.3, 0.4) is 0 Å². The first-order chi connectivity index (χ1) is 16.1. The molecule has 35 heavy (non-hydrogen) atoms. The zero-order chi connectivity index (χ0) is 26.6. The topological polar surface area (TPSA) is 86.8 Å². The summed E-state index contributed by atoms with van der Waals surface area (Å²) in [6.45, 7) is 13.0. The lowest BCUT2D eigenvalue weighted by molar-refractivity contribution is -0.140. The van der Waals surface area contributed by atoms with E-state index in [9.17, 15) is 18.0 Å². The molecule has 0 unspecified atom stereocenters. The Morgan fingerprint density at radius 1 is 0.971 bits per heavy atom. The van der Waals surface area contributed by atoms with Crippen LogP contribution < -0.4 is 9.62 Å². The Kier molecular flexibility index (Phi) is 9.11. The SMILES string of the molecule is Cc1ccc(CN(C(=O)CN(c2ccccc2C(C)C)S(C)(=O)=O)[C@@H](C)C(=O)NC(C)(C)C)cc1. The first kappa shape index (κ1) is 28.4. The average Bonchev–Trinajstić information content (AvgIpc) is 2.74. The van der Waals surface area contributed by atoms with Crippen molar-refractivity contribution < 1.29 is 18.0 Å². The highest BCUT2D eigenvalue weighted by Gasteiger charge is 2.32. The van der Waals surface area contributed by atoms with Gasteiger partial charge in [0.15, 0.2) is 0 Å². The zero-order valence-electron chi connectivity index (χ0n) is 22.1. The molecule has 8 heteroatoms. The smallest absolute Gasteiger partial charge is 0.244 e. The molecule has 0 aliphatic heterocycles. The second kappa shape index (κ2) is 11.2. The number of rotatable bonds is 9. The number of sulfonamides is 1. The van der Waals surface area contributed by atoms with Gasteiger partial charge in [0.1, 0.15) is 12.6 Å². The fourth-order valence-corrected chi connectivity index (χ4v) is 4.61. The molecule has 1 atom stereocenters. The Hall–Kier alpha value is -2.87. The van der Waals surface area contributed by atoms with Gasteiger partial charge in [0.05, 0.1) is 11.9 Å². The third-order valence-electron chi connectivity index (χ3n) is 5.65. The lowest BCUT2D eigenvalue weighted by atomic mass is 10.0. The Morgan fingerprint density at radius 2 is 1.54 bits per heavy atom. The number of carbonyl (C=O) groups excluding carboxylic acids is 2. The quantitative estimate of drug-likeness (QED) is 0.557. The maximum atomic E-state index is 13.7. The molecule has 2 amide bonds. The molecule has 0 aliphatic carbocycles. The van der Waals surface area contributed by atoms with Crippen LogP contribution in [-0.2, 0) is 26.2 Å². The van der Waals surface area contributed by atoms with Crippen LogP contribution in [0.2, 0.25) is 0 Å². The van der Waals surface area contributed by atoms with Crippen LogP contribution in [0.5, 0.6) is 0 Å². The van der Waals surface area contributed by atoms with E-state index in [1.165, 1.54) is 4.90 Å². The highest BCUT2D eigenvalue weighted by Crippen LogP contribution is 2.29. The normalized spacial score (nSPS) is 12.8. The lowest BCUT2D eigenvalue weighted by Gasteiger charge is -2.33. The van der Waals surface area contributed by atoms with Gasteiger partial charge in [-0.25, -0.2) is 8.42 Å². The van der Waals surface area contributed by atoms with Gasteiger partial charge in [0.2, 0.25) is 21.8 Å². The fraction of sp³-hybridized carbons (Fsp3) is 0.481. The minimum atomic E-state index is -3.77. The van der Waals surface area contributed by atoms with Crippen molar-refractivity contribution in [3.63, 3.8) is 0 Å². The monoisotopic (exact) mass is 501 g/mol. The van der Waals surface area contributed by atoms with Gasteiger partial charge in [-0.15, -0.1) is 0 Å². The second-order valence-corrected chi connectivity index (χ2v) is 12.3. The molecular weight excluding hydrogens is 462 g/mol. The molecule has 2 aromatic rings. The predicted octanol–water partition coefficient (Wildman–Crippen LogP) is 4.22. The first-order valence-electron chi connectivity index (χ1n) is 11.8. The summed E-state index contributed by atoms with van der Waals surface area (Å²) in [6.07, 6.45) is 1.09. The van der Waals surface area contributed by atoms with E-state index >= 15 is 0 Å². The summed E-state index contributed by atoms with van der Waals surface area (Å²) < 4.78 is 26.8. The maximum Gasteiger partial charge on any atom is 0.244 e. The molecular formula is C27H39N3O4S. The van der Waals surface area contributed by atoms with Gasteiger partial charge < -0.3 is 10.2 Å². The van der Waals surface area contributed by atoms with Crippen molar-refractivity contribution in [2.24, 2.45) is 0 Å². The van der Waals surface area contributed by atoms with Crippen LogP contribution in [0, 0.1) is 6.92 Å². The number of anilines is 1. The molecule has 0 radical (unpaired) electrons. The molecule has 0 saturated heterocycles. The molecule has 1 N–H and O–H groups in total. The standard InChI is InChI=1S/C27H39N3O4S/c1-19(2)23-11-9-10-12-24(23)30(35(8,33)34)18-25(31)29(17-22-15-13-20(3)14-16-22)21(4)26(32)28-27(5,6)7/h9-16,19,21H,17-18H2,1-8H3,(H,28,32)/t21-/m0/s1. The third-order valence-corrected chi connectivity index (χ3v) is 6.77. The average molecular weight is 502 g/mol.